The lowest BCUT2D eigenvalue weighted by Crippen LogP contribution is -1.86. The number of halogens is 3. The second-order valence-corrected chi connectivity index (χ2v) is 6.93. The minimum atomic E-state index is 0.123. The zero-order valence-electron chi connectivity index (χ0n) is 8.74. The van der Waals surface area contributed by atoms with Crippen molar-refractivity contribution in [3.63, 3.8) is 0 Å². The molecule has 0 radical (unpaired) electrons. The SMILES string of the molecule is Clc1cccc(Oc2cccc(C(Br)Br)c2)c1. The number of rotatable bonds is 3. The quantitative estimate of drug-likeness (QED) is 0.604. The largest absolute Gasteiger partial charge is 0.457 e. The van der Waals surface area contributed by atoms with Crippen LogP contribution in [-0.2, 0) is 0 Å². The minimum absolute atomic E-state index is 0.123. The van der Waals surface area contributed by atoms with Crippen LogP contribution in [0.1, 0.15) is 9.30 Å². The average Bonchev–Trinajstić information content (AvgIpc) is 2.29. The lowest BCUT2D eigenvalue weighted by molar-refractivity contribution is 0.482. The second kappa shape index (κ2) is 5.89. The van der Waals surface area contributed by atoms with Gasteiger partial charge in [0.1, 0.15) is 11.5 Å². The Balaban J connectivity index is 2.21. The van der Waals surface area contributed by atoms with Gasteiger partial charge in [-0.1, -0.05) is 61.7 Å². The van der Waals surface area contributed by atoms with E-state index in [1.54, 1.807) is 6.07 Å². The van der Waals surface area contributed by atoms with Gasteiger partial charge in [-0.15, -0.1) is 0 Å². The molecule has 0 unspecified atom stereocenters. The molecule has 2 aromatic rings. The third-order valence-corrected chi connectivity index (χ3v) is 3.43. The molecule has 0 bridgehead atoms. The smallest absolute Gasteiger partial charge is 0.128 e. The maximum atomic E-state index is 5.90. The topological polar surface area (TPSA) is 9.23 Å². The highest BCUT2D eigenvalue weighted by Crippen LogP contribution is 2.32. The molecule has 4 heteroatoms. The van der Waals surface area contributed by atoms with Crippen LogP contribution >= 0.6 is 43.5 Å². The third kappa shape index (κ3) is 3.73. The Bertz CT molecular complexity index is 514. The van der Waals surface area contributed by atoms with Crippen LogP contribution in [0.25, 0.3) is 0 Å². The molecule has 0 aromatic heterocycles. The van der Waals surface area contributed by atoms with E-state index in [9.17, 15) is 0 Å². The van der Waals surface area contributed by atoms with E-state index in [-0.39, 0.29) is 3.74 Å². The predicted molar refractivity (Wildman–Crippen MR) is 78.6 cm³/mol. The maximum absolute atomic E-state index is 5.90. The molecule has 88 valence electrons. The molecule has 1 nitrogen and oxygen atoms in total. The fourth-order valence-electron chi connectivity index (χ4n) is 1.38. The van der Waals surface area contributed by atoms with Gasteiger partial charge < -0.3 is 4.74 Å². The normalized spacial score (nSPS) is 10.6. The van der Waals surface area contributed by atoms with Gasteiger partial charge in [0, 0.05) is 5.02 Å². The van der Waals surface area contributed by atoms with E-state index in [1.165, 1.54) is 0 Å². The van der Waals surface area contributed by atoms with E-state index in [1.807, 2.05) is 42.5 Å². The van der Waals surface area contributed by atoms with Crippen LogP contribution in [0.15, 0.2) is 48.5 Å². The van der Waals surface area contributed by atoms with Gasteiger partial charge in [0.25, 0.3) is 0 Å². The molecular formula is C13H9Br2ClO. The number of ether oxygens (including phenoxy) is 1. The fraction of sp³-hybridized carbons (Fsp3) is 0.0769. The molecule has 0 aliphatic rings. The highest BCUT2D eigenvalue weighted by molar-refractivity contribution is 9.24. The van der Waals surface area contributed by atoms with Crippen LogP contribution in [0.3, 0.4) is 0 Å². The van der Waals surface area contributed by atoms with Crippen LogP contribution in [0.4, 0.5) is 0 Å². The van der Waals surface area contributed by atoms with Gasteiger partial charge in [-0.3, -0.25) is 0 Å². The number of hydrogen-bond donors (Lipinski definition) is 0. The van der Waals surface area contributed by atoms with Gasteiger partial charge in [-0.05, 0) is 35.9 Å². The Morgan fingerprint density at radius 3 is 2.24 bits per heavy atom. The Morgan fingerprint density at radius 2 is 1.59 bits per heavy atom. The van der Waals surface area contributed by atoms with E-state index in [2.05, 4.69) is 31.9 Å². The van der Waals surface area contributed by atoms with Crippen molar-refractivity contribution in [1.82, 2.24) is 0 Å². The molecule has 0 saturated carbocycles. The van der Waals surface area contributed by atoms with Gasteiger partial charge in [0.15, 0.2) is 0 Å². The summed E-state index contributed by atoms with van der Waals surface area (Å²) < 4.78 is 5.85. The van der Waals surface area contributed by atoms with Crippen LogP contribution in [-0.4, -0.2) is 0 Å². The van der Waals surface area contributed by atoms with Gasteiger partial charge in [0.05, 0.1) is 3.74 Å². The first kappa shape index (κ1) is 12.9. The average molecular weight is 376 g/mol. The predicted octanol–water partition coefficient (Wildman–Crippen LogP) is 5.92. The van der Waals surface area contributed by atoms with Gasteiger partial charge in [-0.2, -0.15) is 0 Å². The Hall–Kier alpha value is -0.510. The van der Waals surface area contributed by atoms with E-state index in [0.717, 1.165) is 17.1 Å². The molecule has 0 N–H and O–H groups in total. The zero-order valence-corrected chi connectivity index (χ0v) is 12.7. The minimum Gasteiger partial charge on any atom is -0.457 e. The summed E-state index contributed by atoms with van der Waals surface area (Å²) in [4.78, 5) is 0. The van der Waals surface area contributed by atoms with Crippen molar-refractivity contribution >= 4 is 43.5 Å². The number of hydrogen-bond acceptors (Lipinski definition) is 1. The standard InChI is InChI=1S/C13H9Br2ClO/c14-13(15)9-3-1-5-11(7-9)17-12-6-2-4-10(16)8-12/h1-8,13H. The second-order valence-electron chi connectivity index (χ2n) is 3.43. The van der Waals surface area contributed by atoms with Crippen molar-refractivity contribution in [1.29, 1.82) is 0 Å². The van der Waals surface area contributed by atoms with Gasteiger partial charge in [-0.25, -0.2) is 0 Å². The zero-order chi connectivity index (χ0) is 12.3. The van der Waals surface area contributed by atoms with Crippen LogP contribution in [0.2, 0.25) is 5.02 Å². The summed E-state index contributed by atoms with van der Waals surface area (Å²) in [7, 11) is 0. The van der Waals surface area contributed by atoms with Gasteiger partial charge in [0.2, 0.25) is 0 Å². The monoisotopic (exact) mass is 374 g/mol. The van der Waals surface area contributed by atoms with E-state index in [4.69, 9.17) is 16.3 Å². The summed E-state index contributed by atoms with van der Waals surface area (Å²) in [6.45, 7) is 0. The summed E-state index contributed by atoms with van der Waals surface area (Å²) in [6.07, 6.45) is 0. The molecule has 0 heterocycles. The maximum Gasteiger partial charge on any atom is 0.128 e. The Morgan fingerprint density at radius 1 is 0.941 bits per heavy atom. The fourth-order valence-corrected chi connectivity index (χ4v) is 2.13. The highest BCUT2D eigenvalue weighted by Gasteiger charge is 2.04. The molecule has 2 rings (SSSR count). The summed E-state index contributed by atoms with van der Waals surface area (Å²) in [5.74, 6) is 1.52. The van der Waals surface area contributed by atoms with Crippen molar-refractivity contribution < 1.29 is 4.74 Å². The van der Waals surface area contributed by atoms with Crippen molar-refractivity contribution in [2.75, 3.05) is 0 Å². The molecule has 17 heavy (non-hydrogen) atoms. The molecular weight excluding hydrogens is 367 g/mol. The Kier molecular flexibility index (Phi) is 4.48. The van der Waals surface area contributed by atoms with Crippen molar-refractivity contribution in [3.05, 3.63) is 59.1 Å². The van der Waals surface area contributed by atoms with E-state index in [0.29, 0.717) is 5.02 Å². The van der Waals surface area contributed by atoms with Gasteiger partial charge >= 0.3 is 0 Å². The lowest BCUT2D eigenvalue weighted by Gasteiger charge is -2.08. The highest BCUT2D eigenvalue weighted by atomic mass is 79.9. The number of alkyl halides is 2. The van der Waals surface area contributed by atoms with Crippen molar-refractivity contribution in [3.8, 4) is 11.5 Å². The third-order valence-electron chi connectivity index (χ3n) is 2.14. The van der Waals surface area contributed by atoms with Crippen molar-refractivity contribution in [2.45, 2.75) is 3.74 Å². The molecule has 0 spiro atoms. The molecule has 2 aromatic carbocycles. The molecule has 0 atom stereocenters. The first-order chi connectivity index (χ1) is 8.15. The molecule has 0 amide bonds. The molecule has 0 saturated heterocycles. The summed E-state index contributed by atoms with van der Waals surface area (Å²) in [6, 6.07) is 15.2. The first-order valence-electron chi connectivity index (χ1n) is 4.97. The Labute approximate surface area is 122 Å². The molecule has 0 fully saturated rings. The number of benzene rings is 2. The summed E-state index contributed by atoms with van der Waals surface area (Å²) >= 11 is 12.8. The molecule has 0 aliphatic carbocycles. The first-order valence-corrected chi connectivity index (χ1v) is 7.17. The summed E-state index contributed by atoms with van der Waals surface area (Å²) in [5.41, 5.74) is 1.10. The summed E-state index contributed by atoms with van der Waals surface area (Å²) in [5, 5.41) is 0.664. The van der Waals surface area contributed by atoms with E-state index < -0.39 is 0 Å². The van der Waals surface area contributed by atoms with Crippen LogP contribution in [0, 0.1) is 0 Å². The lowest BCUT2D eigenvalue weighted by atomic mass is 10.2. The molecule has 0 aliphatic heterocycles. The van der Waals surface area contributed by atoms with E-state index >= 15 is 0 Å². The van der Waals surface area contributed by atoms with Crippen LogP contribution < -0.4 is 4.74 Å². The van der Waals surface area contributed by atoms with Crippen LogP contribution in [0.5, 0.6) is 11.5 Å². The van der Waals surface area contributed by atoms with Crippen molar-refractivity contribution in [2.24, 2.45) is 0 Å².